The van der Waals surface area contributed by atoms with Gasteiger partial charge >= 0.3 is 17.9 Å². The second-order valence-electron chi connectivity index (χ2n) is 4.68. The van der Waals surface area contributed by atoms with Crippen molar-refractivity contribution < 1.29 is 29.4 Å². The Morgan fingerprint density at radius 3 is 1.95 bits per heavy atom. The van der Waals surface area contributed by atoms with E-state index in [1.54, 1.807) is 52.8 Å². The molecule has 8 heteroatoms. The number of rotatable bonds is 7. The molecule has 0 fully saturated rings. The third-order valence-corrected chi connectivity index (χ3v) is 2.76. The Morgan fingerprint density at radius 1 is 1.23 bits per heavy atom. The van der Waals surface area contributed by atoms with Gasteiger partial charge in [0, 0.05) is 12.1 Å². The monoisotopic (exact) mass is 318 g/mol. The molecule has 1 unspecified atom stereocenters. The minimum absolute atomic E-state index is 0.306. The van der Waals surface area contributed by atoms with E-state index in [0.29, 0.717) is 12.1 Å². The maximum Gasteiger partial charge on any atom is 0.352 e. The van der Waals surface area contributed by atoms with E-state index in [9.17, 15) is 14.4 Å². The summed E-state index contributed by atoms with van der Waals surface area (Å²) >= 11 is 0. The third-order valence-electron chi connectivity index (χ3n) is 2.76. The number of hydrogen-bond donors (Lipinski definition) is 2. The van der Waals surface area contributed by atoms with E-state index < -0.39 is 17.9 Å². The van der Waals surface area contributed by atoms with Crippen molar-refractivity contribution >= 4 is 17.9 Å². The van der Waals surface area contributed by atoms with E-state index in [1.165, 1.54) is 0 Å². The predicted octanol–water partition coefficient (Wildman–Crippen LogP) is 0.838. The molecule has 0 saturated carbocycles. The van der Waals surface area contributed by atoms with E-state index in [1.807, 2.05) is 0 Å². The summed E-state index contributed by atoms with van der Waals surface area (Å²) in [7, 11) is 3.47. The molecule has 0 spiro atoms. The van der Waals surface area contributed by atoms with Gasteiger partial charge in [-0.15, -0.1) is 5.06 Å². The zero-order chi connectivity index (χ0) is 17.9. The molecule has 0 aliphatic heterocycles. The summed E-state index contributed by atoms with van der Waals surface area (Å²) in [4.78, 5) is 38.1. The van der Waals surface area contributed by atoms with Crippen LogP contribution < -0.4 is 0 Å². The van der Waals surface area contributed by atoms with E-state index in [4.69, 9.17) is 15.1 Å². The fourth-order valence-electron chi connectivity index (χ4n) is 0.887. The van der Waals surface area contributed by atoms with Gasteiger partial charge in [0.25, 0.3) is 0 Å². The van der Waals surface area contributed by atoms with Crippen LogP contribution in [0.2, 0.25) is 0 Å². The highest BCUT2D eigenvalue weighted by Crippen LogP contribution is 1.99. The van der Waals surface area contributed by atoms with Crippen LogP contribution in [0, 0.1) is 0 Å². The number of hydrogen-bond acceptors (Lipinski definition) is 6. The molecule has 128 valence electrons. The summed E-state index contributed by atoms with van der Waals surface area (Å²) in [6.07, 6.45) is 1.61. The van der Waals surface area contributed by atoms with Crippen LogP contribution in [0.3, 0.4) is 0 Å². The number of allylic oxidation sites excluding steroid dienone is 1. The summed E-state index contributed by atoms with van der Waals surface area (Å²) in [5, 5.41) is 17.9. The van der Waals surface area contributed by atoms with Crippen molar-refractivity contribution in [2.45, 2.75) is 33.7 Å². The van der Waals surface area contributed by atoms with Crippen molar-refractivity contribution in [1.82, 2.24) is 9.96 Å². The summed E-state index contributed by atoms with van der Waals surface area (Å²) in [6.45, 7) is 6.71. The van der Waals surface area contributed by atoms with Gasteiger partial charge in [0.1, 0.15) is 12.6 Å². The molecule has 0 heterocycles. The molecule has 1 atom stereocenters. The van der Waals surface area contributed by atoms with Crippen molar-refractivity contribution in [3.8, 4) is 0 Å². The number of likely N-dealkylation sites (N-methyl/N-ethyl adjacent to an activating group) is 2. The minimum atomic E-state index is -1.03. The van der Waals surface area contributed by atoms with Gasteiger partial charge < -0.3 is 15.1 Å². The van der Waals surface area contributed by atoms with E-state index in [-0.39, 0.29) is 12.6 Å². The lowest BCUT2D eigenvalue weighted by molar-refractivity contribution is -0.188. The van der Waals surface area contributed by atoms with Gasteiger partial charge in [-0.1, -0.05) is 6.08 Å². The molecule has 0 radical (unpaired) electrons. The zero-order valence-electron chi connectivity index (χ0n) is 14.0. The first kappa shape index (κ1) is 22.4. The van der Waals surface area contributed by atoms with E-state index in [0.717, 1.165) is 5.06 Å². The van der Waals surface area contributed by atoms with Crippen LogP contribution in [0.4, 0.5) is 0 Å². The number of carboxylic acids is 2. The highest BCUT2D eigenvalue weighted by molar-refractivity contribution is 5.87. The Bertz CT molecular complexity index is 406. The van der Waals surface area contributed by atoms with Gasteiger partial charge in [-0.25, -0.2) is 4.79 Å². The van der Waals surface area contributed by atoms with E-state index in [2.05, 4.69) is 0 Å². The lowest BCUT2D eigenvalue weighted by Crippen LogP contribution is -2.32. The van der Waals surface area contributed by atoms with Crippen molar-refractivity contribution in [2.24, 2.45) is 0 Å². The second-order valence-corrected chi connectivity index (χ2v) is 4.68. The first-order valence-electron chi connectivity index (χ1n) is 6.77. The second kappa shape index (κ2) is 11.7. The number of carboxylic acid groups (broad SMARTS) is 2. The van der Waals surface area contributed by atoms with Crippen LogP contribution in [-0.4, -0.2) is 71.3 Å². The maximum absolute atomic E-state index is 11.2. The average Bonchev–Trinajstić information content (AvgIpc) is 2.44. The average molecular weight is 318 g/mol. The molecular formula is C14H26N2O6. The number of aliphatic carboxylic acids is 2. The van der Waals surface area contributed by atoms with Gasteiger partial charge in [0.05, 0.1) is 0 Å². The standard InChI is InChI=1S/C9H15NO4.C5H11NO2/c1-4-7(3)9(13)14-10(5-2)6-8(11)12;1-4(5(7)8)6(2)3/h4H,5-6H2,1-3H3,(H,11,12);4H,1-3H3,(H,7,8). The van der Waals surface area contributed by atoms with Crippen LogP contribution in [0.1, 0.15) is 27.7 Å². The lowest BCUT2D eigenvalue weighted by Gasteiger charge is -2.16. The van der Waals surface area contributed by atoms with Gasteiger partial charge in [-0.05, 0) is 41.8 Å². The molecule has 0 aromatic rings. The van der Waals surface area contributed by atoms with Gasteiger partial charge in [-0.2, -0.15) is 0 Å². The fourth-order valence-corrected chi connectivity index (χ4v) is 0.887. The van der Waals surface area contributed by atoms with Crippen molar-refractivity contribution in [2.75, 3.05) is 27.2 Å². The Morgan fingerprint density at radius 2 is 1.73 bits per heavy atom. The molecular weight excluding hydrogens is 292 g/mol. The first-order chi connectivity index (χ1) is 10.1. The molecule has 0 amide bonds. The molecule has 0 bridgehead atoms. The topological polar surface area (TPSA) is 107 Å². The summed E-state index contributed by atoms with van der Waals surface area (Å²) < 4.78 is 0. The summed E-state index contributed by atoms with van der Waals surface area (Å²) in [5.74, 6) is -2.33. The normalized spacial score (nSPS) is 12.5. The van der Waals surface area contributed by atoms with E-state index >= 15 is 0 Å². The molecule has 0 aliphatic carbocycles. The lowest BCUT2D eigenvalue weighted by atomic mass is 10.3. The number of carbonyl (C=O) groups is 3. The van der Waals surface area contributed by atoms with Crippen LogP contribution in [0.15, 0.2) is 11.6 Å². The first-order valence-corrected chi connectivity index (χ1v) is 6.77. The van der Waals surface area contributed by atoms with Crippen molar-refractivity contribution in [1.29, 1.82) is 0 Å². The van der Waals surface area contributed by atoms with Crippen LogP contribution >= 0.6 is 0 Å². The van der Waals surface area contributed by atoms with Crippen molar-refractivity contribution in [3.05, 3.63) is 11.6 Å². The Labute approximate surface area is 130 Å². The van der Waals surface area contributed by atoms with Gasteiger partial charge in [0.15, 0.2) is 0 Å². The van der Waals surface area contributed by atoms with Crippen LogP contribution in [-0.2, 0) is 19.2 Å². The Kier molecular flexibility index (Phi) is 11.9. The smallest absolute Gasteiger partial charge is 0.352 e. The Balaban J connectivity index is 0. The summed E-state index contributed by atoms with van der Waals surface area (Å²) in [6, 6.07) is -0.380. The molecule has 0 aromatic heterocycles. The SMILES string of the molecule is CC(C(=O)O)N(C)C.CC=C(C)C(=O)ON(CC)CC(=O)O. The highest BCUT2D eigenvalue weighted by Gasteiger charge is 2.14. The molecule has 8 nitrogen and oxygen atoms in total. The number of hydroxylamine groups is 2. The molecule has 0 saturated heterocycles. The molecule has 0 aliphatic rings. The molecule has 2 N–H and O–H groups in total. The zero-order valence-corrected chi connectivity index (χ0v) is 14.0. The number of carbonyl (C=O) groups excluding carboxylic acids is 1. The van der Waals surface area contributed by atoms with Gasteiger partial charge in [-0.3, -0.25) is 14.5 Å². The minimum Gasteiger partial charge on any atom is -0.480 e. The van der Waals surface area contributed by atoms with Crippen LogP contribution in [0.5, 0.6) is 0 Å². The molecule has 0 aromatic carbocycles. The molecule has 22 heavy (non-hydrogen) atoms. The fraction of sp³-hybridized carbons (Fsp3) is 0.643. The van der Waals surface area contributed by atoms with Crippen molar-refractivity contribution in [3.63, 3.8) is 0 Å². The predicted molar refractivity (Wildman–Crippen MR) is 81.2 cm³/mol. The van der Waals surface area contributed by atoms with Crippen LogP contribution in [0.25, 0.3) is 0 Å². The number of nitrogens with zero attached hydrogens (tertiary/aromatic N) is 2. The highest BCUT2D eigenvalue weighted by atomic mass is 16.7. The largest absolute Gasteiger partial charge is 0.480 e. The van der Waals surface area contributed by atoms with Gasteiger partial charge in [0.2, 0.25) is 0 Å². The Hall–Kier alpha value is -1.93. The third kappa shape index (κ3) is 10.8. The summed E-state index contributed by atoms with van der Waals surface area (Å²) in [5.41, 5.74) is 0.453. The molecule has 0 rings (SSSR count). The quantitative estimate of drug-likeness (QED) is 0.525. The maximum atomic E-state index is 11.2.